The van der Waals surface area contributed by atoms with E-state index >= 15 is 0 Å². The van der Waals surface area contributed by atoms with Gasteiger partial charge in [-0.3, -0.25) is 0 Å². The smallest absolute Gasteiger partial charge is 0.423 e. The average molecular weight is 458 g/mol. The number of hydrogen-bond donors (Lipinski definition) is 4. The Labute approximate surface area is 202 Å². The van der Waals surface area contributed by atoms with Gasteiger partial charge in [-0.2, -0.15) is 0 Å². The Hall–Kier alpha value is -1.92. The molecule has 0 aromatic heterocycles. The van der Waals surface area contributed by atoms with Crippen molar-refractivity contribution in [3.63, 3.8) is 0 Å². The van der Waals surface area contributed by atoms with E-state index in [0.717, 1.165) is 34.9 Å². The van der Waals surface area contributed by atoms with Crippen LogP contribution in [0.2, 0.25) is 0 Å². The summed E-state index contributed by atoms with van der Waals surface area (Å²) in [6.07, 6.45) is 13.7. The van der Waals surface area contributed by atoms with E-state index in [1.54, 1.807) is 6.07 Å². The second kappa shape index (κ2) is 8.63. The molecule has 4 nitrogen and oxygen atoms in total. The van der Waals surface area contributed by atoms with Gasteiger partial charge in [0.15, 0.2) is 0 Å². The SMILES string of the molecule is OCC(O)CC1=CCC(c2ccc3cc(B(O)O)ccc3c2)C=C1C12CC3CC(CC(C3)C1)C2. The maximum atomic E-state index is 10.3. The molecule has 0 aliphatic heterocycles. The molecule has 0 heterocycles. The van der Waals surface area contributed by atoms with Crippen LogP contribution >= 0.6 is 0 Å². The van der Waals surface area contributed by atoms with Gasteiger partial charge in [0, 0.05) is 12.3 Å². The predicted octanol–water partition coefficient (Wildman–Crippen LogP) is 3.82. The lowest BCUT2D eigenvalue weighted by molar-refractivity contribution is -0.0302. The van der Waals surface area contributed by atoms with Crippen LogP contribution in [0.5, 0.6) is 0 Å². The van der Waals surface area contributed by atoms with Gasteiger partial charge in [-0.05, 0) is 101 Å². The fourth-order valence-electron chi connectivity index (χ4n) is 8.13. The number of hydrogen-bond acceptors (Lipinski definition) is 4. The molecular formula is C29H35BO4. The largest absolute Gasteiger partial charge is 0.488 e. The highest BCUT2D eigenvalue weighted by Gasteiger charge is 2.53. The van der Waals surface area contributed by atoms with Crippen molar-refractivity contribution < 1.29 is 20.3 Å². The molecule has 4 bridgehead atoms. The highest BCUT2D eigenvalue weighted by Crippen LogP contribution is 2.64. The third-order valence-electron chi connectivity index (χ3n) is 9.22. The third-order valence-corrected chi connectivity index (χ3v) is 9.22. The van der Waals surface area contributed by atoms with E-state index in [9.17, 15) is 20.3 Å². The molecule has 0 radical (unpaired) electrons. The van der Waals surface area contributed by atoms with Gasteiger partial charge in [0.05, 0.1) is 12.7 Å². The van der Waals surface area contributed by atoms with Gasteiger partial charge >= 0.3 is 7.12 Å². The summed E-state index contributed by atoms with van der Waals surface area (Å²) in [4.78, 5) is 0. The third kappa shape index (κ3) is 3.97. The monoisotopic (exact) mass is 458 g/mol. The van der Waals surface area contributed by atoms with E-state index in [2.05, 4.69) is 30.4 Å². The summed E-state index contributed by atoms with van der Waals surface area (Å²) in [5, 5.41) is 41.0. The Kier molecular flexibility index (Phi) is 5.72. The Morgan fingerprint density at radius 1 is 0.912 bits per heavy atom. The molecule has 2 aromatic rings. The lowest BCUT2D eigenvalue weighted by Crippen LogP contribution is -2.47. The minimum Gasteiger partial charge on any atom is -0.423 e. The van der Waals surface area contributed by atoms with Crippen molar-refractivity contribution in [2.45, 2.75) is 63.4 Å². The first-order valence-electron chi connectivity index (χ1n) is 13.0. The van der Waals surface area contributed by atoms with Gasteiger partial charge in [-0.25, -0.2) is 0 Å². The van der Waals surface area contributed by atoms with Crippen LogP contribution in [0.1, 0.15) is 62.8 Å². The van der Waals surface area contributed by atoms with Crippen LogP contribution < -0.4 is 5.46 Å². The highest BCUT2D eigenvalue weighted by atomic mass is 16.4. The molecular weight excluding hydrogens is 423 g/mol. The molecule has 2 unspecified atom stereocenters. The van der Waals surface area contributed by atoms with Gasteiger partial charge in [-0.15, -0.1) is 0 Å². The Bertz CT molecular complexity index is 1110. The Balaban J connectivity index is 1.36. The summed E-state index contributed by atoms with van der Waals surface area (Å²) < 4.78 is 0. The summed E-state index contributed by atoms with van der Waals surface area (Å²) in [6.45, 7) is -0.190. The van der Waals surface area contributed by atoms with E-state index in [0.29, 0.717) is 17.8 Å². The minimum atomic E-state index is -1.45. The number of benzene rings is 2. The number of fused-ring (bicyclic) bond motifs is 1. The van der Waals surface area contributed by atoms with Gasteiger partial charge in [-0.1, -0.05) is 48.6 Å². The van der Waals surface area contributed by atoms with E-state index in [4.69, 9.17) is 0 Å². The number of allylic oxidation sites excluding steroid dienone is 3. The van der Waals surface area contributed by atoms with Crippen molar-refractivity contribution in [2.24, 2.45) is 23.2 Å². The molecule has 178 valence electrons. The van der Waals surface area contributed by atoms with Crippen molar-refractivity contribution in [3.8, 4) is 0 Å². The number of aliphatic hydroxyl groups excluding tert-OH is 2. The minimum absolute atomic E-state index is 0.190. The molecule has 4 saturated carbocycles. The molecule has 0 amide bonds. The van der Waals surface area contributed by atoms with Crippen LogP contribution in [-0.2, 0) is 0 Å². The maximum Gasteiger partial charge on any atom is 0.488 e. The second-order valence-corrected chi connectivity index (χ2v) is 11.6. The van der Waals surface area contributed by atoms with Crippen molar-refractivity contribution in [1.29, 1.82) is 0 Å². The first-order valence-corrected chi connectivity index (χ1v) is 13.0. The summed E-state index contributed by atoms with van der Waals surface area (Å²) >= 11 is 0. The van der Waals surface area contributed by atoms with Crippen LogP contribution in [0.3, 0.4) is 0 Å². The Morgan fingerprint density at radius 2 is 1.56 bits per heavy atom. The topological polar surface area (TPSA) is 80.9 Å². The molecule has 4 fully saturated rings. The van der Waals surface area contributed by atoms with Crippen molar-refractivity contribution >= 4 is 23.4 Å². The fourth-order valence-corrected chi connectivity index (χ4v) is 8.13. The highest BCUT2D eigenvalue weighted by molar-refractivity contribution is 6.58. The summed E-state index contributed by atoms with van der Waals surface area (Å²) in [5.41, 5.74) is 4.77. The first-order chi connectivity index (χ1) is 16.4. The Morgan fingerprint density at radius 3 is 2.21 bits per heavy atom. The van der Waals surface area contributed by atoms with Crippen LogP contribution in [0.25, 0.3) is 10.8 Å². The van der Waals surface area contributed by atoms with Gasteiger partial charge in [0.1, 0.15) is 0 Å². The quantitative estimate of drug-likeness (QED) is 0.497. The van der Waals surface area contributed by atoms with Crippen LogP contribution in [-0.4, -0.2) is 40.1 Å². The molecule has 5 heteroatoms. The molecule has 5 aliphatic carbocycles. The summed E-state index contributed by atoms with van der Waals surface area (Å²) in [5.74, 6) is 2.86. The summed E-state index contributed by atoms with van der Waals surface area (Å²) in [6, 6.07) is 12.1. The van der Waals surface area contributed by atoms with Gasteiger partial charge < -0.3 is 20.3 Å². The molecule has 0 spiro atoms. The lowest BCUT2D eigenvalue weighted by Gasteiger charge is -2.58. The molecule has 7 rings (SSSR count). The number of rotatable bonds is 6. The standard InChI is InChI=1S/C29H35BO4/c31-17-27(32)12-25-4-3-24(21-1-2-23-11-26(30(33)34)6-5-22(23)10-21)13-28(25)29-14-18-7-19(15-29)9-20(8-18)16-29/h1-2,4-6,10-11,13,18-20,24,27,31-34H,3,7-9,12,14-17H2. The van der Waals surface area contributed by atoms with Crippen LogP contribution in [0, 0.1) is 23.2 Å². The normalized spacial score (nSPS) is 33.1. The summed E-state index contributed by atoms with van der Waals surface area (Å²) in [7, 11) is -1.45. The lowest BCUT2D eigenvalue weighted by atomic mass is 9.46. The van der Waals surface area contributed by atoms with Crippen molar-refractivity contribution in [3.05, 3.63) is 65.3 Å². The van der Waals surface area contributed by atoms with Crippen LogP contribution in [0.15, 0.2) is 59.7 Å². The predicted molar refractivity (Wildman–Crippen MR) is 136 cm³/mol. The first kappa shape index (κ1) is 22.5. The molecule has 5 aliphatic rings. The van der Waals surface area contributed by atoms with E-state index in [1.165, 1.54) is 55.2 Å². The van der Waals surface area contributed by atoms with Crippen LogP contribution in [0.4, 0.5) is 0 Å². The van der Waals surface area contributed by atoms with Gasteiger partial charge in [0.25, 0.3) is 0 Å². The van der Waals surface area contributed by atoms with E-state index < -0.39 is 13.2 Å². The van der Waals surface area contributed by atoms with Gasteiger partial charge in [0.2, 0.25) is 0 Å². The number of aliphatic hydroxyl groups is 2. The fraction of sp³-hybridized carbons (Fsp3) is 0.517. The van der Waals surface area contributed by atoms with Crippen molar-refractivity contribution in [2.75, 3.05) is 6.61 Å². The molecule has 34 heavy (non-hydrogen) atoms. The zero-order valence-corrected chi connectivity index (χ0v) is 19.7. The second-order valence-electron chi connectivity index (χ2n) is 11.6. The molecule has 2 atom stereocenters. The maximum absolute atomic E-state index is 10.3. The molecule has 0 saturated heterocycles. The van der Waals surface area contributed by atoms with E-state index in [-0.39, 0.29) is 12.0 Å². The zero-order chi connectivity index (χ0) is 23.4. The van der Waals surface area contributed by atoms with Crippen molar-refractivity contribution in [1.82, 2.24) is 0 Å². The zero-order valence-electron chi connectivity index (χ0n) is 19.7. The molecule has 4 N–H and O–H groups in total. The van der Waals surface area contributed by atoms with E-state index in [1.807, 2.05) is 12.1 Å². The molecule has 2 aromatic carbocycles. The average Bonchev–Trinajstić information content (AvgIpc) is 2.82.